The fourth-order valence-corrected chi connectivity index (χ4v) is 6.28. The zero-order chi connectivity index (χ0) is 31.3. The van der Waals surface area contributed by atoms with Crippen LogP contribution in [0.1, 0.15) is 44.9 Å². The van der Waals surface area contributed by atoms with Crippen molar-refractivity contribution in [2.45, 2.75) is 33.7 Å². The lowest BCUT2D eigenvalue weighted by molar-refractivity contribution is -0.127. The average molecular weight is 624 g/mol. The van der Waals surface area contributed by atoms with Gasteiger partial charge in [-0.1, -0.05) is 28.9 Å². The van der Waals surface area contributed by atoms with Crippen LogP contribution < -0.4 is 33.8 Å². The van der Waals surface area contributed by atoms with Gasteiger partial charge in [-0.15, -0.1) is 6.42 Å². The largest absolute Gasteiger partial charge is 0.497 e. The SMILES string of the molecule is C#CCOc1c(Cl)cc(/C=c2/sc3n(c2=O)[C@H](c2cc(OC)ccc2OC)C(C(=O)N(CC)CC)=C(C)N=3)cc1OCC. The van der Waals surface area contributed by atoms with Crippen LogP contribution in [0.2, 0.25) is 5.02 Å². The molecule has 0 bridgehead atoms. The van der Waals surface area contributed by atoms with E-state index in [1.54, 1.807) is 67.0 Å². The van der Waals surface area contributed by atoms with Crippen LogP contribution in [0.15, 0.2) is 51.4 Å². The van der Waals surface area contributed by atoms with Gasteiger partial charge in [0.05, 0.1) is 41.7 Å². The molecule has 0 N–H and O–H groups in total. The molecule has 9 nitrogen and oxygen atoms in total. The van der Waals surface area contributed by atoms with Crippen LogP contribution >= 0.6 is 22.9 Å². The molecular weight excluding hydrogens is 590 g/mol. The Balaban J connectivity index is 1.98. The van der Waals surface area contributed by atoms with Crippen molar-refractivity contribution in [2.24, 2.45) is 4.99 Å². The monoisotopic (exact) mass is 623 g/mol. The Morgan fingerprint density at radius 2 is 1.88 bits per heavy atom. The highest BCUT2D eigenvalue weighted by molar-refractivity contribution is 7.07. The summed E-state index contributed by atoms with van der Waals surface area (Å²) in [5, 5.41) is 0.294. The van der Waals surface area contributed by atoms with Gasteiger partial charge in [0.2, 0.25) is 0 Å². The number of terminal acetylenes is 1. The first kappa shape index (κ1) is 31.7. The number of carbonyl (C=O) groups excluding carboxylic acids is 1. The number of methoxy groups -OCH3 is 2. The van der Waals surface area contributed by atoms with Crippen LogP contribution in [-0.4, -0.2) is 55.9 Å². The Bertz CT molecular complexity index is 1780. The fourth-order valence-electron chi connectivity index (χ4n) is 4.96. The molecule has 226 valence electrons. The lowest BCUT2D eigenvalue weighted by atomic mass is 9.93. The highest BCUT2D eigenvalue weighted by Crippen LogP contribution is 2.39. The molecule has 4 rings (SSSR count). The van der Waals surface area contributed by atoms with Crippen molar-refractivity contribution in [2.75, 3.05) is 40.5 Å². The van der Waals surface area contributed by atoms with Gasteiger partial charge >= 0.3 is 0 Å². The third-order valence-electron chi connectivity index (χ3n) is 6.96. The topological polar surface area (TPSA) is 91.6 Å². The number of thiazole rings is 1. The number of ether oxygens (including phenoxy) is 4. The molecule has 1 aliphatic heterocycles. The minimum absolute atomic E-state index is 0.0272. The van der Waals surface area contributed by atoms with E-state index in [-0.39, 0.29) is 18.1 Å². The van der Waals surface area contributed by atoms with Crippen molar-refractivity contribution in [3.63, 3.8) is 0 Å². The van der Waals surface area contributed by atoms with Crippen LogP contribution in [-0.2, 0) is 4.79 Å². The molecule has 1 aliphatic rings. The molecular formula is C32H34ClN3O6S. The number of rotatable bonds is 11. The number of amides is 1. The van der Waals surface area contributed by atoms with E-state index in [1.165, 1.54) is 11.3 Å². The van der Waals surface area contributed by atoms with E-state index >= 15 is 0 Å². The molecule has 0 spiro atoms. The molecule has 43 heavy (non-hydrogen) atoms. The summed E-state index contributed by atoms with van der Waals surface area (Å²) in [7, 11) is 3.11. The average Bonchev–Trinajstić information content (AvgIpc) is 3.30. The van der Waals surface area contributed by atoms with Crippen LogP contribution in [0.25, 0.3) is 6.08 Å². The zero-order valence-corrected chi connectivity index (χ0v) is 26.6. The van der Waals surface area contributed by atoms with Gasteiger partial charge in [0.15, 0.2) is 16.3 Å². The number of hydrogen-bond acceptors (Lipinski definition) is 8. The summed E-state index contributed by atoms with van der Waals surface area (Å²) in [6.07, 6.45) is 7.07. The second-order valence-corrected chi connectivity index (χ2v) is 10.8. The number of halogens is 1. The number of hydrogen-bond donors (Lipinski definition) is 0. The number of aromatic nitrogens is 1. The second kappa shape index (κ2) is 13.8. The molecule has 11 heteroatoms. The van der Waals surface area contributed by atoms with Gasteiger partial charge in [0.1, 0.15) is 24.1 Å². The molecule has 0 unspecified atom stereocenters. The van der Waals surface area contributed by atoms with Gasteiger partial charge in [-0.2, -0.15) is 0 Å². The minimum Gasteiger partial charge on any atom is -0.497 e. The maximum Gasteiger partial charge on any atom is 0.271 e. The summed E-state index contributed by atoms with van der Waals surface area (Å²) >= 11 is 7.76. The highest BCUT2D eigenvalue weighted by atomic mass is 35.5. The van der Waals surface area contributed by atoms with Gasteiger partial charge in [0, 0.05) is 18.7 Å². The molecule has 0 fully saturated rings. The Morgan fingerprint density at radius 1 is 1.14 bits per heavy atom. The van der Waals surface area contributed by atoms with Crippen molar-refractivity contribution in [3.05, 3.63) is 77.4 Å². The van der Waals surface area contributed by atoms with E-state index in [0.29, 0.717) is 79.4 Å². The first-order chi connectivity index (χ1) is 20.7. The van der Waals surface area contributed by atoms with Crippen molar-refractivity contribution >= 4 is 34.9 Å². The van der Waals surface area contributed by atoms with Crippen molar-refractivity contribution < 1.29 is 23.7 Å². The van der Waals surface area contributed by atoms with Crippen LogP contribution in [0.5, 0.6) is 23.0 Å². The Hall–Kier alpha value is -4.20. The Labute approximate surface area is 259 Å². The molecule has 2 aromatic carbocycles. The molecule has 0 aliphatic carbocycles. The van der Waals surface area contributed by atoms with Crippen molar-refractivity contribution in [3.8, 4) is 35.3 Å². The number of fused-ring (bicyclic) bond motifs is 1. The van der Waals surface area contributed by atoms with Crippen LogP contribution in [0.3, 0.4) is 0 Å². The van der Waals surface area contributed by atoms with E-state index in [1.807, 2.05) is 20.8 Å². The molecule has 1 aromatic heterocycles. The first-order valence-corrected chi connectivity index (χ1v) is 15.0. The van der Waals surface area contributed by atoms with Gasteiger partial charge in [-0.25, -0.2) is 4.99 Å². The smallest absolute Gasteiger partial charge is 0.271 e. The number of nitrogens with zero attached hydrogens (tertiary/aromatic N) is 3. The molecule has 2 heterocycles. The zero-order valence-electron chi connectivity index (χ0n) is 25.0. The second-order valence-electron chi connectivity index (χ2n) is 9.42. The van der Waals surface area contributed by atoms with Crippen LogP contribution in [0.4, 0.5) is 0 Å². The molecule has 0 saturated heterocycles. The summed E-state index contributed by atoms with van der Waals surface area (Å²) in [6.45, 7) is 8.87. The number of likely N-dealkylation sites (N-methyl/N-ethyl adjacent to an activating group) is 1. The van der Waals surface area contributed by atoms with E-state index in [2.05, 4.69) is 5.92 Å². The maximum absolute atomic E-state index is 14.2. The van der Waals surface area contributed by atoms with Crippen molar-refractivity contribution in [1.82, 2.24) is 9.47 Å². The quantitative estimate of drug-likeness (QED) is 0.298. The van der Waals surface area contributed by atoms with Gasteiger partial charge in [-0.3, -0.25) is 14.2 Å². The molecule has 0 radical (unpaired) electrons. The fraction of sp³-hybridized carbons (Fsp3) is 0.344. The Kier molecular flexibility index (Phi) is 10.2. The summed E-state index contributed by atoms with van der Waals surface area (Å²) < 4.78 is 24.5. The number of benzene rings is 2. The van der Waals surface area contributed by atoms with Crippen LogP contribution in [0, 0.1) is 12.3 Å². The summed E-state index contributed by atoms with van der Waals surface area (Å²) in [5.41, 5.74) is 1.83. The molecule has 1 amide bonds. The normalized spacial score (nSPS) is 14.5. The third-order valence-corrected chi connectivity index (χ3v) is 8.23. The predicted molar refractivity (Wildman–Crippen MR) is 168 cm³/mol. The number of allylic oxidation sites excluding steroid dienone is 1. The molecule has 1 atom stereocenters. The number of carbonyl (C=O) groups is 1. The summed E-state index contributed by atoms with van der Waals surface area (Å²) in [4.78, 5) is 35.0. The van der Waals surface area contributed by atoms with E-state index in [4.69, 9.17) is 42.0 Å². The summed E-state index contributed by atoms with van der Waals surface area (Å²) in [5.74, 6) is 4.03. The summed E-state index contributed by atoms with van der Waals surface area (Å²) in [6, 6.07) is 7.93. The predicted octanol–water partition coefficient (Wildman–Crippen LogP) is 4.18. The molecule has 0 saturated carbocycles. The standard InChI is InChI=1S/C32H34ClN3O6S/c1-8-14-42-29-23(33)15-20(16-25(29)41-11-4)17-26-30(37)36-28(22-18-21(39-6)12-13-24(22)40-7)27(19(5)34-32(36)43-26)31(38)35(9-2)10-3/h1,12-13,15-18,28H,9-11,14H2,2-7H3/b26-17+/t28-/m1/s1. The van der Waals surface area contributed by atoms with Crippen molar-refractivity contribution in [1.29, 1.82) is 0 Å². The lowest BCUT2D eigenvalue weighted by Crippen LogP contribution is -2.43. The maximum atomic E-state index is 14.2. The van der Waals surface area contributed by atoms with E-state index < -0.39 is 6.04 Å². The van der Waals surface area contributed by atoms with Gasteiger partial charge in [-0.05, 0) is 69.7 Å². The van der Waals surface area contributed by atoms with E-state index in [0.717, 1.165) is 0 Å². The highest BCUT2D eigenvalue weighted by Gasteiger charge is 2.36. The molecule has 3 aromatic rings. The Morgan fingerprint density at radius 3 is 2.51 bits per heavy atom. The van der Waals surface area contributed by atoms with E-state index in [9.17, 15) is 9.59 Å². The first-order valence-electron chi connectivity index (χ1n) is 13.8. The third kappa shape index (κ3) is 6.28. The van der Waals surface area contributed by atoms with Gasteiger partial charge in [0.25, 0.3) is 11.5 Å². The van der Waals surface area contributed by atoms with Gasteiger partial charge < -0.3 is 23.8 Å². The minimum atomic E-state index is -0.807. The lowest BCUT2D eigenvalue weighted by Gasteiger charge is -2.30.